The number of nitro benzene ring substituents is 1. The second kappa shape index (κ2) is 11.2. The summed E-state index contributed by atoms with van der Waals surface area (Å²) in [6.07, 6.45) is -0.0240. The Labute approximate surface area is 220 Å². The van der Waals surface area contributed by atoms with Crippen LogP contribution < -0.4 is 9.64 Å². The van der Waals surface area contributed by atoms with Gasteiger partial charge in [0.15, 0.2) is 12.4 Å². The fourth-order valence-corrected chi connectivity index (χ4v) is 4.25. The molecule has 1 fully saturated rings. The van der Waals surface area contributed by atoms with Crippen molar-refractivity contribution in [3.05, 3.63) is 93.5 Å². The van der Waals surface area contributed by atoms with Crippen LogP contribution in [0.1, 0.15) is 47.7 Å². The van der Waals surface area contributed by atoms with Crippen LogP contribution in [0.2, 0.25) is 0 Å². The third-order valence-corrected chi connectivity index (χ3v) is 6.37. The second-order valence-electron chi connectivity index (χ2n) is 9.53. The number of hydrogen-bond acceptors (Lipinski definition) is 7. The molecule has 9 nitrogen and oxygen atoms in total. The Kier molecular flexibility index (Phi) is 7.85. The first-order valence-corrected chi connectivity index (χ1v) is 12.3. The Morgan fingerprint density at radius 3 is 2.37 bits per heavy atom. The molecule has 0 bridgehead atoms. The molecule has 0 aromatic heterocycles. The Morgan fingerprint density at radius 2 is 1.74 bits per heavy atom. The zero-order valence-electron chi connectivity index (χ0n) is 21.4. The minimum atomic E-state index is -0.705. The fraction of sp³-hybridized carbons (Fsp3) is 0.276. The quantitative estimate of drug-likeness (QED) is 0.157. The number of nitro groups is 1. The van der Waals surface area contributed by atoms with Gasteiger partial charge in [0.25, 0.3) is 5.69 Å². The van der Waals surface area contributed by atoms with Gasteiger partial charge in [-0.25, -0.2) is 0 Å². The first-order chi connectivity index (χ1) is 18.1. The topological polar surface area (TPSA) is 116 Å². The van der Waals surface area contributed by atoms with E-state index in [1.807, 2.05) is 13.0 Å². The van der Waals surface area contributed by atoms with Crippen molar-refractivity contribution < 1.29 is 28.8 Å². The van der Waals surface area contributed by atoms with E-state index < -0.39 is 29.2 Å². The molecule has 1 aliphatic rings. The number of anilines is 1. The average molecular weight is 517 g/mol. The normalized spacial score (nSPS) is 15.0. The van der Waals surface area contributed by atoms with Crippen molar-refractivity contribution in [1.82, 2.24) is 0 Å². The first kappa shape index (κ1) is 26.5. The van der Waals surface area contributed by atoms with Crippen LogP contribution in [-0.2, 0) is 14.3 Å². The second-order valence-corrected chi connectivity index (χ2v) is 9.53. The molecular weight excluding hydrogens is 488 g/mol. The molecule has 3 aromatic rings. The van der Waals surface area contributed by atoms with Crippen molar-refractivity contribution >= 4 is 29.0 Å². The third-order valence-electron chi connectivity index (χ3n) is 6.37. The Hall–Kier alpha value is -4.53. The van der Waals surface area contributed by atoms with Crippen LogP contribution in [0.4, 0.5) is 11.4 Å². The van der Waals surface area contributed by atoms with Crippen LogP contribution in [0.15, 0.2) is 66.7 Å². The maximum Gasteiger partial charge on any atom is 0.311 e. The smallest absolute Gasteiger partial charge is 0.311 e. The van der Waals surface area contributed by atoms with E-state index in [0.29, 0.717) is 17.4 Å². The summed E-state index contributed by atoms with van der Waals surface area (Å²) in [4.78, 5) is 49.2. The van der Waals surface area contributed by atoms with Crippen molar-refractivity contribution in [2.24, 2.45) is 5.92 Å². The Morgan fingerprint density at radius 1 is 1.05 bits per heavy atom. The van der Waals surface area contributed by atoms with Gasteiger partial charge in [-0.1, -0.05) is 26.0 Å². The zero-order chi connectivity index (χ0) is 27.4. The summed E-state index contributed by atoms with van der Waals surface area (Å²) < 4.78 is 11.3. The van der Waals surface area contributed by atoms with Gasteiger partial charge in [0.05, 0.1) is 10.8 Å². The number of carbonyl (C=O) groups excluding carboxylic acids is 3. The summed E-state index contributed by atoms with van der Waals surface area (Å²) in [5.74, 6) is -0.332. The van der Waals surface area contributed by atoms with Crippen LogP contribution in [0, 0.1) is 23.0 Å². The standard InChI is InChI=1S/C29H28N2O7/c1-18(2)25-13-4-19(3)14-27(25)38-24-11-9-22(10-12-24)30-16-21(15-28(30)33)29(34)37-17-26(32)20-5-7-23(8-6-20)31(35)36/h4-14,18,21H,15-17H2,1-3H3/t21-/m0/s1. The molecule has 1 amide bonds. The van der Waals surface area contributed by atoms with E-state index >= 15 is 0 Å². The van der Waals surface area contributed by atoms with E-state index in [1.54, 1.807) is 24.3 Å². The summed E-state index contributed by atoms with van der Waals surface area (Å²) in [7, 11) is 0. The molecule has 38 heavy (non-hydrogen) atoms. The number of aryl methyl sites for hydroxylation is 1. The molecular formula is C29H28N2O7. The Balaban J connectivity index is 1.35. The molecule has 0 aliphatic carbocycles. The van der Waals surface area contributed by atoms with E-state index in [4.69, 9.17) is 9.47 Å². The number of non-ortho nitro benzene ring substituents is 1. The van der Waals surface area contributed by atoms with Crippen LogP contribution in [0.5, 0.6) is 11.5 Å². The summed E-state index contributed by atoms with van der Waals surface area (Å²) >= 11 is 0. The van der Waals surface area contributed by atoms with Gasteiger partial charge in [0, 0.05) is 36.3 Å². The van der Waals surface area contributed by atoms with Crippen LogP contribution >= 0.6 is 0 Å². The Bertz CT molecular complexity index is 1360. The fourth-order valence-electron chi connectivity index (χ4n) is 4.25. The lowest BCUT2D eigenvalue weighted by Crippen LogP contribution is -2.27. The van der Waals surface area contributed by atoms with Gasteiger partial charge >= 0.3 is 5.97 Å². The minimum Gasteiger partial charge on any atom is -0.457 e. The average Bonchev–Trinajstić information content (AvgIpc) is 3.29. The van der Waals surface area contributed by atoms with E-state index in [0.717, 1.165) is 16.9 Å². The summed E-state index contributed by atoms with van der Waals surface area (Å²) in [5, 5.41) is 10.7. The summed E-state index contributed by atoms with van der Waals surface area (Å²) in [5.41, 5.74) is 2.88. The summed E-state index contributed by atoms with van der Waals surface area (Å²) in [6, 6.07) is 18.3. The van der Waals surface area contributed by atoms with Crippen LogP contribution in [0.3, 0.4) is 0 Å². The third kappa shape index (κ3) is 6.05. The number of amides is 1. The predicted molar refractivity (Wildman–Crippen MR) is 141 cm³/mol. The molecule has 0 saturated carbocycles. The van der Waals surface area contributed by atoms with Crippen molar-refractivity contribution in [3.63, 3.8) is 0 Å². The molecule has 0 radical (unpaired) electrons. The van der Waals surface area contributed by atoms with Crippen molar-refractivity contribution in [3.8, 4) is 11.5 Å². The maximum absolute atomic E-state index is 12.6. The number of hydrogen-bond donors (Lipinski definition) is 0. The van der Waals surface area contributed by atoms with E-state index in [1.165, 1.54) is 29.2 Å². The minimum absolute atomic E-state index is 0.0240. The van der Waals surface area contributed by atoms with Crippen molar-refractivity contribution in [2.45, 2.75) is 33.1 Å². The molecule has 0 spiro atoms. The zero-order valence-corrected chi connectivity index (χ0v) is 21.4. The van der Waals surface area contributed by atoms with E-state index in [-0.39, 0.29) is 30.1 Å². The van der Waals surface area contributed by atoms with Gasteiger partial charge in [-0.2, -0.15) is 0 Å². The number of benzene rings is 3. The highest BCUT2D eigenvalue weighted by molar-refractivity contribution is 6.01. The molecule has 3 aromatic carbocycles. The number of carbonyl (C=O) groups is 3. The molecule has 1 saturated heterocycles. The SMILES string of the molecule is Cc1ccc(C(C)C)c(Oc2ccc(N3C[C@@H](C(=O)OCC(=O)c4ccc([N+](=O)[O-])cc4)CC3=O)cc2)c1. The number of ether oxygens (including phenoxy) is 2. The number of ketones is 1. The molecule has 1 heterocycles. The largest absolute Gasteiger partial charge is 0.457 e. The first-order valence-electron chi connectivity index (χ1n) is 12.3. The lowest BCUT2D eigenvalue weighted by molar-refractivity contribution is -0.384. The number of rotatable bonds is 9. The lowest BCUT2D eigenvalue weighted by atomic mass is 10.0. The molecule has 4 rings (SSSR count). The highest BCUT2D eigenvalue weighted by Crippen LogP contribution is 2.33. The van der Waals surface area contributed by atoms with Crippen LogP contribution in [-0.4, -0.2) is 35.7 Å². The number of Topliss-reactive ketones (excluding diaryl/α,β-unsaturated/α-hetero) is 1. The van der Waals surface area contributed by atoms with Gasteiger partial charge in [-0.15, -0.1) is 0 Å². The molecule has 0 unspecified atom stereocenters. The van der Waals surface area contributed by atoms with E-state index in [2.05, 4.69) is 26.0 Å². The molecule has 1 atom stereocenters. The highest BCUT2D eigenvalue weighted by atomic mass is 16.6. The van der Waals surface area contributed by atoms with Gasteiger partial charge in [-0.05, 0) is 66.4 Å². The van der Waals surface area contributed by atoms with Gasteiger partial charge < -0.3 is 14.4 Å². The number of nitrogens with zero attached hydrogens (tertiary/aromatic N) is 2. The lowest BCUT2D eigenvalue weighted by Gasteiger charge is -2.18. The van der Waals surface area contributed by atoms with Gasteiger partial charge in [0.1, 0.15) is 11.5 Å². The monoisotopic (exact) mass is 516 g/mol. The van der Waals surface area contributed by atoms with Gasteiger partial charge in [0.2, 0.25) is 5.91 Å². The van der Waals surface area contributed by atoms with Crippen molar-refractivity contribution in [2.75, 3.05) is 18.1 Å². The number of esters is 1. The van der Waals surface area contributed by atoms with Crippen LogP contribution in [0.25, 0.3) is 0 Å². The molecule has 0 N–H and O–H groups in total. The molecule has 1 aliphatic heterocycles. The maximum atomic E-state index is 12.6. The highest BCUT2D eigenvalue weighted by Gasteiger charge is 2.36. The molecule has 196 valence electrons. The van der Waals surface area contributed by atoms with Gasteiger partial charge in [-0.3, -0.25) is 24.5 Å². The van der Waals surface area contributed by atoms with E-state index in [9.17, 15) is 24.5 Å². The van der Waals surface area contributed by atoms with Crippen molar-refractivity contribution in [1.29, 1.82) is 0 Å². The molecule has 9 heteroatoms. The summed E-state index contributed by atoms with van der Waals surface area (Å²) in [6.45, 7) is 5.84. The predicted octanol–water partition coefficient (Wildman–Crippen LogP) is 5.60.